The standard InChI is InChI=1S/C33H28F6N4O4/c1-16-8-18-9-19(10-25(27(18)41-12-16)46-14-26(35)36)30(44)42-13-23(33(37,38)39)24-11-22-29(28(43-24)17-2-6-21(34)7-3-17)47-15-32(22,31(40)45)20-4-5-20/h2-3,6-12,20,23,26H,4-5,13-15H2,1H3,(H2,40,45)(H,42,44)/t23?,32-/m1/s1. The van der Waals surface area contributed by atoms with Crippen LogP contribution in [-0.2, 0) is 10.2 Å². The van der Waals surface area contributed by atoms with Crippen LogP contribution in [0.4, 0.5) is 26.3 Å². The van der Waals surface area contributed by atoms with E-state index in [9.17, 15) is 35.9 Å². The maximum atomic E-state index is 14.7. The van der Waals surface area contributed by atoms with E-state index in [0.717, 1.165) is 24.3 Å². The van der Waals surface area contributed by atoms with Crippen molar-refractivity contribution in [2.45, 2.75) is 43.7 Å². The SMILES string of the molecule is Cc1cnc2c(OCC(F)F)cc(C(=O)NCC(c3cc4c(c(-c5ccc(F)cc5)n3)OC[C@@]4(C(N)=O)C3CC3)C(F)(F)F)cc2c1. The molecule has 2 atom stereocenters. The van der Waals surface area contributed by atoms with Crippen molar-refractivity contribution in [3.63, 3.8) is 0 Å². The normalized spacial score (nSPS) is 18.1. The van der Waals surface area contributed by atoms with Gasteiger partial charge in [-0.2, -0.15) is 13.2 Å². The van der Waals surface area contributed by atoms with Crippen LogP contribution >= 0.6 is 0 Å². The van der Waals surface area contributed by atoms with Crippen molar-refractivity contribution in [3.05, 3.63) is 82.9 Å². The summed E-state index contributed by atoms with van der Waals surface area (Å²) in [6.07, 6.45) is -5.02. The molecule has 47 heavy (non-hydrogen) atoms. The molecule has 0 saturated heterocycles. The zero-order chi connectivity index (χ0) is 33.7. The first-order chi connectivity index (χ1) is 22.3. The summed E-state index contributed by atoms with van der Waals surface area (Å²) in [6, 6.07) is 10.2. The molecule has 1 aliphatic carbocycles. The first-order valence-electron chi connectivity index (χ1n) is 14.7. The number of fused-ring (bicyclic) bond motifs is 2. The predicted octanol–water partition coefficient (Wildman–Crippen LogP) is 5.99. The molecule has 2 aromatic carbocycles. The van der Waals surface area contributed by atoms with Gasteiger partial charge in [0.1, 0.15) is 53.1 Å². The van der Waals surface area contributed by atoms with Gasteiger partial charge in [0.25, 0.3) is 12.3 Å². The Morgan fingerprint density at radius 2 is 1.85 bits per heavy atom. The number of carbonyl (C=O) groups is 2. The Hall–Kier alpha value is -4.88. The number of hydrogen-bond donors (Lipinski definition) is 2. The quantitative estimate of drug-likeness (QED) is 0.202. The molecular formula is C33H28F6N4O4. The molecule has 6 rings (SSSR count). The molecule has 246 valence electrons. The van der Waals surface area contributed by atoms with Crippen molar-refractivity contribution in [2.75, 3.05) is 19.8 Å². The van der Waals surface area contributed by atoms with Crippen molar-refractivity contribution >= 4 is 22.7 Å². The molecule has 1 fully saturated rings. The fourth-order valence-electron chi connectivity index (χ4n) is 6.00. The van der Waals surface area contributed by atoms with E-state index < -0.39 is 60.4 Å². The van der Waals surface area contributed by atoms with Crippen LogP contribution < -0.4 is 20.5 Å². The van der Waals surface area contributed by atoms with E-state index in [2.05, 4.69) is 15.3 Å². The Morgan fingerprint density at radius 1 is 1.13 bits per heavy atom. The summed E-state index contributed by atoms with van der Waals surface area (Å²) >= 11 is 0. The minimum Gasteiger partial charge on any atom is -0.489 e. The average molecular weight is 659 g/mol. The number of primary amides is 1. The van der Waals surface area contributed by atoms with Gasteiger partial charge >= 0.3 is 6.18 Å². The smallest absolute Gasteiger partial charge is 0.398 e. The highest BCUT2D eigenvalue weighted by molar-refractivity contribution is 6.00. The molecule has 0 spiro atoms. The van der Waals surface area contributed by atoms with Crippen LogP contribution in [0.5, 0.6) is 11.5 Å². The average Bonchev–Trinajstić information content (AvgIpc) is 3.79. The van der Waals surface area contributed by atoms with E-state index in [1.54, 1.807) is 13.0 Å². The lowest BCUT2D eigenvalue weighted by atomic mass is 9.76. The molecule has 1 aliphatic heterocycles. The zero-order valence-corrected chi connectivity index (χ0v) is 24.8. The Morgan fingerprint density at radius 3 is 2.49 bits per heavy atom. The van der Waals surface area contributed by atoms with E-state index in [1.165, 1.54) is 24.4 Å². The minimum absolute atomic E-state index is 0.0277. The maximum absolute atomic E-state index is 14.7. The van der Waals surface area contributed by atoms with Crippen LogP contribution in [0.15, 0.2) is 54.7 Å². The van der Waals surface area contributed by atoms with Crippen LogP contribution in [0.3, 0.4) is 0 Å². The molecule has 0 bridgehead atoms. The fraction of sp³-hybridized carbons (Fsp3) is 0.333. The number of nitrogens with two attached hydrogens (primary N) is 1. The third-order valence-electron chi connectivity index (χ3n) is 8.48. The van der Waals surface area contributed by atoms with Gasteiger partial charge in [-0.15, -0.1) is 0 Å². The number of nitrogens with zero attached hydrogens (tertiary/aromatic N) is 2. The zero-order valence-electron chi connectivity index (χ0n) is 24.8. The maximum Gasteiger partial charge on any atom is 0.398 e. The Balaban J connectivity index is 1.38. The lowest BCUT2D eigenvalue weighted by molar-refractivity contribution is -0.149. The number of carbonyl (C=O) groups excluding carboxylic acids is 2. The third kappa shape index (κ3) is 6.15. The highest BCUT2D eigenvalue weighted by Crippen LogP contribution is 2.55. The largest absolute Gasteiger partial charge is 0.489 e. The number of aryl methyl sites for hydroxylation is 1. The van der Waals surface area contributed by atoms with E-state index in [-0.39, 0.29) is 51.9 Å². The lowest BCUT2D eigenvalue weighted by Gasteiger charge is -2.26. The van der Waals surface area contributed by atoms with Gasteiger partial charge in [-0.1, -0.05) is 0 Å². The summed E-state index contributed by atoms with van der Waals surface area (Å²) in [6.45, 7) is -0.412. The topological polar surface area (TPSA) is 116 Å². The molecule has 2 aliphatic rings. The fourth-order valence-corrected chi connectivity index (χ4v) is 6.00. The number of alkyl halides is 5. The van der Waals surface area contributed by atoms with Crippen LogP contribution in [0, 0.1) is 18.7 Å². The van der Waals surface area contributed by atoms with Gasteiger partial charge in [-0.3, -0.25) is 14.6 Å². The second kappa shape index (κ2) is 12.0. The second-order valence-electron chi connectivity index (χ2n) is 11.7. The van der Waals surface area contributed by atoms with Crippen molar-refractivity contribution in [2.24, 2.45) is 11.7 Å². The summed E-state index contributed by atoms with van der Waals surface area (Å²) in [5.41, 5.74) is 5.09. The third-order valence-corrected chi connectivity index (χ3v) is 8.48. The van der Waals surface area contributed by atoms with Crippen LogP contribution in [0.1, 0.15) is 45.9 Å². The minimum atomic E-state index is -4.93. The van der Waals surface area contributed by atoms with Gasteiger partial charge in [0.2, 0.25) is 5.91 Å². The summed E-state index contributed by atoms with van der Waals surface area (Å²) < 4.78 is 94.9. The number of ether oxygens (including phenoxy) is 2. The van der Waals surface area contributed by atoms with Crippen molar-refractivity contribution in [1.29, 1.82) is 0 Å². The van der Waals surface area contributed by atoms with Crippen LogP contribution in [0.2, 0.25) is 0 Å². The van der Waals surface area contributed by atoms with Gasteiger partial charge in [0.15, 0.2) is 0 Å². The summed E-state index contributed by atoms with van der Waals surface area (Å²) in [5, 5.41) is 2.66. The molecule has 1 saturated carbocycles. The lowest BCUT2D eigenvalue weighted by Crippen LogP contribution is -2.45. The molecule has 0 radical (unpaired) electrons. The van der Waals surface area contributed by atoms with E-state index >= 15 is 0 Å². The van der Waals surface area contributed by atoms with E-state index in [0.29, 0.717) is 23.8 Å². The van der Waals surface area contributed by atoms with Crippen LogP contribution in [-0.4, -0.2) is 54.1 Å². The first kappa shape index (κ1) is 32.1. The summed E-state index contributed by atoms with van der Waals surface area (Å²) in [7, 11) is 0. The molecule has 8 nitrogen and oxygen atoms in total. The van der Waals surface area contributed by atoms with E-state index in [4.69, 9.17) is 15.2 Å². The van der Waals surface area contributed by atoms with Crippen molar-refractivity contribution < 1.29 is 45.4 Å². The molecular weight excluding hydrogens is 630 g/mol. The first-order valence-corrected chi connectivity index (χ1v) is 14.7. The van der Waals surface area contributed by atoms with Gasteiger partial charge in [0, 0.05) is 34.8 Å². The number of amides is 2. The molecule has 4 aromatic rings. The number of nitrogens with one attached hydrogen (secondary N) is 1. The monoisotopic (exact) mass is 658 g/mol. The molecule has 14 heteroatoms. The molecule has 2 amide bonds. The number of hydrogen-bond acceptors (Lipinski definition) is 6. The second-order valence-corrected chi connectivity index (χ2v) is 11.7. The van der Waals surface area contributed by atoms with Gasteiger partial charge < -0.3 is 20.5 Å². The van der Waals surface area contributed by atoms with E-state index in [1.807, 2.05) is 0 Å². The van der Waals surface area contributed by atoms with Crippen LogP contribution in [0.25, 0.3) is 22.2 Å². The molecule has 2 aromatic heterocycles. The highest BCUT2D eigenvalue weighted by atomic mass is 19.4. The Bertz CT molecular complexity index is 1860. The number of rotatable bonds is 10. The summed E-state index contributed by atoms with van der Waals surface area (Å²) in [5.74, 6) is -4.90. The Kier molecular flexibility index (Phi) is 8.22. The van der Waals surface area contributed by atoms with Gasteiger partial charge in [0.05, 0.1) is 5.69 Å². The summed E-state index contributed by atoms with van der Waals surface area (Å²) in [4.78, 5) is 34.6. The number of halogens is 6. The van der Waals surface area contributed by atoms with Gasteiger partial charge in [-0.25, -0.2) is 18.2 Å². The number of aromatic nitrogens is 2. The number of pyridine rings is 2. The predicted molar refractivity (Wildman–Crippen MR) is 158 cm³/mol. The molecule has 1 unspecified atom stereocenters. The Labute approximate surface area is 264 Å². The molecule has 3 heterocycles. The van der Waals surface area contributed by atoms with Crippen molar-refractivity contribution in [1.82, 2.24) is 15.3 Å². The van der Waals surface area contributed by atoms with Gasteiger partial charge in [-0.05, 0) is 79.8 Å². The number of benzene rings is 2. The molecule has 3 N–H and O–H groups in total. The highest BCUT2D eigenvalue weighted by Gasteiger charge is 2.57. The van der Waals surface area contributed by atoms with Crippen molar-refractivity contribution in [3.8, 4) is 22.8 Å².